The quantitative estimate of drug-likeness (QED) is 0.861. The van der Waals surface area contributed by atoms with Crippen LogP contribution >= 0.6 is 15.9 Å². The molecule has 0 amide bonds. The minimum atomic E-state index is -1.21. The fraction of sp³-hybridized carbons (Fsp3) is 0.500. The molecule has 0 radical (unpaired) electrons. The monoisotopic (exact) mass is 321 g/mol. The third kappa shape index (κ3) is 3.95. The highest BCUT2D eigenvalue weighted by Gasteiger charge is 2.29. The predicted molar refractivity (Wildman–Crippen MR) is 73.5 cm³/mol. The van der Waals surface area contributed by atoms with Gasteiger partial charge in [-0.1, -0.05) is 12.1 Å². The third-order valence-electron chi connectivity index (χ3n) is 2.29. The largest absolute Gasteiger partial charge is 0.598 e. The molecular formula is C12H17BrFNOS. The fourth-order valence-electron chi connectivity index (χ4n) is 1.26. The Labute approximate surface area is 113 Å². The first-order chi connectivity index (χ1) is 7.73. The van der Waals surface area contributed by atoms with Crippen molar-refractivity contribution in [1.29, 1.82) is 0 Å². The van der Waals surface area contributed by atoms with E-state index in [4.69, 9.17) is 0 Å². The average Bonchev–Trinajstić information content (AvgIpc) is 2.20. The topological polar surface area (TPSA) is 35.1 Å². The van der Waals surface area contributed by atoms with Crippen molar-refractivity contribution in [3.63, 3.8) is 0 Å². The maximum absolute atomic E-state index is 13.8. The summed E-state index contributed by atoms with van der Waals surface area (Å²) >= 11 is 1.93. The van der Waals surface area contributed by atoms with Crippen LogP contribution in [0.15, 0.2) is 22.7 Å². The standard InChI is InChI=1S/C12H17BrFNOS/c1-8(15-17(16)12(2,3)4)9-6-5-7-10(13)11(9)14/h5-8,15H,1-4H3/t8?,17-/m1/s1. The predicted octanol–water partition coefficient (Wildman–Crippen LogP) is 3.70. The molecule has 96 valence electrons. The van der Waals surface area contributed by atoms with E-state index in [1.54, 1.807) is 25.1 Å². The van der Waals surface area contributed by atoms with Crippen molar-refractivity contribution >= 4 is 27.3 Å². The molecule has 2 atom stereocenters. The number of hydrogen-bond donors (Lipinski definition) is 1. The zero-order valence-corrected chi connectivity index (χ0v) is 12.8. The zero-order valence-electron chi connectivity index (χ0n) is 10.4. The molecule has 0 bridgehead atoms. The van der Waals surface area contributed by atoms with Gasteiger partial charge >= 0.3 is 0 Å². The Hall–Kier alpha value is -0.100. The lowest BCUT2D eigenvalue weighted by atomic mass is 10.1. The van der Waals surface area contributed by atoms with Gasteiger partial charge in [-0.3, -0.25) is 0 Å². The van der Waals surface area contributed by atoms with Gasteiger partial charge in [-0.15, -0.1) is 4.72 Å². The number of rotatable bonds is 3. The maximum atomic E-state index is 13.8. The number of benzene rings is 1. The molecule has 1 N–H and O–H groups in total. The second-order valence-electron chi connectivity index (χ2n) is 4.86. The molecule has 1 unspecified atom stereocenters. The van der Waals surface area contributed by atoms with Gasteiger partial charge in [0, 0.05) is 16.9 Å². The van der Waals surface area contributed by atoms with E-state index in [9.17, 15) is 8.94 Å². The minimum absolute atomic E-state index is 0.299. The van der Waals surface area contributed by atoms with E-state index >= 15 is 0 Å². The van der Waals surface area contributed by atoms with Crippen molar-refractivity contribution in [2.45, 2.75) is 38.5 Å². The van der Waals surface area contributed by atoms with Crippen molar-refractivity contribution in [3.05, 3.63) is 34.1 Å². The van der Waals surface area contributed by atoms with Crippen molar-refractivity contribution in [1.82, 2.24) is 4.72 Å². The zero-order chi connectivity index (χ0) is 13.2. The first kappa shape index (κ1) is 15.0. The molecule has 0 aliphatic heterocycles. The van der Waals surface area contributed by atoms with Crippen molar-refractivity contribution in [2.75, 3.05) is 0 Å². The fourth-order valence-corrected chi connectivity index (χ4v) is 2.44. The van der Waals surface area contributed by atoms with Gasteiger partial charge in [0.1, 0.15) is 10.6 Å². The summed E-state index contributed by atoms with van der Waals surface area (Å²) in [5.41, 5.74) is 0.511. The summed E-state index contributed by atoms with van der Waals surface area (Å²) in [5.74, 6) is -0.307. The Morgan fingerprint density at radius 3 is 2.53 bits per heavy atom. The van der Waals surface area contributed by atoms with Crippen LogP contribution in [0.2, 0.25) is 0 Å². The second-order valence-corrected chi connectivity index (χ2v) is 7.72. The first-order valence-electron chi connectivity index (χ1n) is 5.35. The van der Waals surface area contributed by atoms with Gasteiger partial charge in [-0.2, -0.15) is 0 Å². The van der Waals surface area contributed by atoms with Gasteiger partial charge in [-0.25, -0.2) is 4.39 Å². The molecule has 0 saturated heterocycles. The molecule has 0 saturated carbocycles. The third-order valence-corrected chi connectivity index (χ3v) is 4.58. The van der Waals surface area contributed by atoms with Crippen LogP contribution in [0.4, 0.5) is 4.39 Å². The first-order valence-corrected chi connectivity index (χ1v) is 7.29. The summed E-state index contributed by atoms with van der Waals surface area (Å²) in [6.07, 6.45) is 0. The van der Waals surface area contributed by atoms with Crippen LogP contribution in [0.25, 0.3) is 0 Å². The molecule has 0 aliphatic carbocycles. The molecule has 1 aromatic carbocycles. The minimum Gasteiger partial charge on any atom is -0.598 e. The summed E-state index contributed by atoms with van der Waals surface area (Å²) < 4.78 is 28.7. The summed E-state index contributed by atoms with van der Waals surface area (Å²) in [4.78, 5) is 0. The van der Waals surface area contributed by atoms with Gasteiger partial charge in [0.25, 0.3) is 0 Å². The van der Waals surface area contributed by atoms with Crippen LogP contribution < -0.4 is 4.72 Å². The van der Waals surface area contributed by atoms with Gasteiger partial charge in [0.15, 0.2) is 0 Å². The summed E-state index contributed by atoms with van der Waals surface area (Å²) in [7, 11) is 0. The Kier molecular flexibility index (Phi) is 5.01. The van der Waals surface area contributed by atoms with Crippen molar-refractivity contribution in [3.8, 4) is 0 Å². The molecule has 0 aromatic heterocycles. The highest BCUT2D eigenvalue weighted by atomic mass is 79.9. The van der Waals surface area contributed by atoms with E-state index in [-0.39, 0.29) is 16.6 Å². The maximum Gasteiger partial charge on any atom is 0.142 e. The smallest absolute Gasteiger partial charge is 0.142 e. The number of nitrogens with one attached hydrogen (secondary N) is 1. The lowest BCUT2D eigenvalue weighted by Gasteiger charge is -2.26. The molecule has 2 nitrogen and oxygen atoms in total. The second kappa shape index (κ2) is 5.69. The van der Waals surface area contributed by atoms with Crippen LogP contribution in [0, 0.1) is 5.82 Å². The van der Waals surface area contributed by atoms with Crippen LogP contribution in [-0.2, 0) is 11.4 Å². The summed E-state index contributed by atoms with van der Waals surface area (Å²) in [6, 6.07) is 4.80. The van der Waals surface area contributed by atoms with E-state index in [2.05, 4.69) is 20.7 Å². The molecule has 0 aliphatic rings. The summed E-state index contributed by atoms with van der Waals surface area (Å²) in [6.45, 7) is 7.43. The Morgan fingerprint density at radius 2 is 2.00 bits per heavy atom. The normalized spacial score (nSPS) is 15.7. The van der Waals surface area contributed by atoms with Crippen molar-refractivity contribution in [2.24, 2.45) is 0 Å². The molecular weight excluding hydrogens is 305 g/mol. The van der Waals surface area contributed by atoms with Crippen LogP contribution in [0.3, 0.4) is 0 Å². The number of hydrogen-bond acceptors (Lipinski definition) is 2. The Bertz CT molecular complexity index is 395. The average molecular weight is 322 g/mol. The van der Waals surface area contributed by atoms with Gasteiger partial charge in [-0.05, 0) is 49.7 Å². The number of halogens is 2. The Morgan fingerprint density at radius 1 is 1.41 bits per heavy atom. The highest BCUT2D eigenvalue weighted by molar-refractivity contribution is 9.10. The van der Waals surface area contributed by atoms with E-state index in [1.807, 2.05) is 20.8 Å². The van der Waals surface area contributed by atoms with Crippen molar-refractivity contribution < 1.29 is 8.94 Å². The van der Waals surface area contributed by atoms with Crippen LogP contribution in [0.1, 0.15) is 39.3 Å². The SMILES string of the molecule is CC(N[S@+]([O-])C(C)(C)C)c1cccc(Br)c1F. The van der Waals surface area contributed by atoms with Crippen LogP contribution in [0.5, 0.6) is 0 Å². The van der Waals surface area contributed by atoms with E-state index in [0.29, 0.717) is 10.0 Å². The van der Waals surface area contributed by atoms with E-state index < -0.39 is 11.4 Å². The lowest BCUT2D eigenvalue weighted by Crippen LogP contribution is -2.40. The van der Waals surface area contributed by atoms with E-state index in [0.717, 1.165) is 0 Å². The lowest BCUT2D eigenvalue weighted by molar-refractivity contribution is 0.521. The molecule has 0 fully saturated rings. The van der Waals surface area contributed by atoms with Crippen LogP contribution in [-0.4, -0.2) is 9.30 Å². The molecule has 5 heteroatoms. The molecule has 0 spiro atoms. The van der Waals surface area contributed by atoms with Gasteiger partial charge in [0.05, 0.1) is 10.5 Å². The highest BCUT2D eigenvalue weighted by Crippen LogP contribution is 2.25. The van der Waals surface area contributed by atoms with E-state index in [1.165, 1.54) is 0 Å². The van der Waals surface area contributed by atoms with Gasteiger partial charge < -0.3 is 4.55 Å². The Balaban J connectivity index is 2.84. The van der Waals surface area contributed by atoms with Gasteiger partial charge in [0.2, 0.25) is 0 Å². The molecule has 17 heavy (non-hydrogen) atoms. The molecule has 0 heterocycles. The summed E-state index contributed by atoms with van der Waals surface area (Å²) in [5, 5.41) is 0. The molecule has 1 aromatic rings. The molecule has 1 rings (SSSR count).